The molecule has 0 atom stereocenters. The molecule has 0 heterocycles. The molecule has 95 heavy (non-hydrogen) atoms. The van der Waals surface area contributed by atoms with Gasteiger partial charge in [0, 0.05) is 0 Å². The molecule has 0 amide bonds. The largest absolute Gasteiger partial charge is 0.0719 e. The fourth-order valence-corrected chi connectivity index (χ4v) is 17.2. The molecule has 0 heteroatoms. The highest BCUT2D eigenvalue weighted by Crippen LogP contribution is 2.50. The minimum Gasteiger partial charge on any atom is -0.0719 e. The van der Waals surface area contributed by atoms with Crippen molar-refractivity contribution in [1.29, 1.82) is 0 Å². The predicted molar refractivity (Wildman–Crippen MR) is 401 cm³/mol. The van der Waals surface area contributed by atoms with Gasteiger partial charge in [-0.2, -0.15) is 0 Å². The first-order valence-electron chi connectivity index (χ1n) is 34.0. The Balaban J connectivity index is 0.0000000938. The Bertz CT molecular complexity index is 5820. The molecule has 7 aliphatic carbocycles. The van der Waals surface area contributed by atoms with Gasteiger partial charge in [0.25, 0.3) is 0 Å². The zero-order chi connectivity index (χ0) is 62.5. The highest BCUT2D eigenvalue weighted by Gasteiger charge is 2.29. The van der Waals surface area contributed by atoms with Gasteiger partial charge in [0.1, 0.15) is 0 Å². The highest BCUT2D eigenvalue weighted by molar-refractivity contribution is 6.17. The van der Waals surface area contributed by atoms with Crippen LogP contribution in [0.2, 0.25) is 0 Å². The van der Waals surface area contributed by atoms with Crippen LogP contribution in [0.25, 0.3) is 116 Å². The number of rotatable bonds is 3. The van der Waals surface area contributed by atoms with Gasteiger partial charge in [0.05, 0.1) is 0 Å². The number of fused-ring (bicyclic) bond motifs is 24. The lowest BCUT2D eigenvalue weighted by Crippen LogP contribution is -1.91. The molecular weight excluding hydrogens is 1140 g/mol. The first kappa shape index (κ1) is 55.2. The van der Waals surface area contributed by atoms with Gasteiger partial charge in [-0.1, -0.05) is 309 Å². The van der Waals surface area contributed by atoms with E-state index in [4.69, 9.17) is 0 Å². The molecule has 0 aromatic heterocycles. The Morgan fingerprint density at radius 2 is 0.674 bits per heavy atom. The summed E-state index contributed by atoms with van der Waals surface area (Å²) in [5, 5.41) is 10.8. The standard InChI is InChI=1S/C36H24.C21H14.C20H14.C18H14/c1-3-9-28-23(7-1)17-18-33(28)34-20-19-29(31-11-5-6-12-32(31)34)26-15-14-25-21-27-16-13-24-8-2-4-10-30(24)36(27)35(25)22-26;1-2-8-15-14(7-1)13-20-18-11-4-3-9-16(18)17-10-5-6-12-19(17)21(15)20;1-3-7-16-14(6-1)12-19-18(16)10-9-15-11-13-5-2-4-8-17(13)20(15)19;1-2-7-15-12-16(11-14(15)6-1)18-10-9-13-5-3-4-8-17(13)18/h1-16,18-20,22H,17,21H2;1-12H,13H2;1-10H,11-12H2;1-8,10-11H,9,12H2. The average molecular weight is 1210 g/mol. The van der Waals surface area contributed by atoms with E-state index in [9.17, 15) is 0 Å². The third kappa shape index (κ3) is 9.26. The molecule has 7 aliphatic rings. The number of allylic oxidation sites excluding steroid dienone is 4. The number of hydrogen-bond donors (Lipinski definition) is 0. The average Bonchev–Trinajstić information content (AvgIpc) is 1.68. The zero-order valence-electron chi connectivity index (χ0n) is 53.0. The van der Waals surface area contributed by atoms with Crippen LogP contribution in [0.15, 0.2) is 315 Å². The number of hydrogen-bond acceptors (Lipinski definition) is 0. The quantitative estimate of drug-likeness (QED) is 0.155. The molecule has 0 saturated carbocycles. The third-order valence-corrected chi connectivity index (χ3v) is 21.5. The van der Waals surface area contributed by atoms with Gasteiger partial charge < -0.3 is 0 Å². The fraction of sp³-hybridized carbons (Fsp3) is 0.0737. The van der Waals surface area contributed by atoms with Crippen LogP contribution >= 0.6 is 0 Å². The second-order valence-electron chi connectivity index (χ2n) is 26.7. The minimum absolute atomic E-state index is 1.01. The van der Waals surface area contributed by atoms with E-state index in [1.54, 1.807) is 0 Å². The summed E-state index contributed by atoms with van der Waals surface area (Å²) in [5.74, 6) is 0. The maximum absolute atomic E-state index is 2.43. The molecular formula is C95H66. The SMILES string of the molecule is C1=C(C2=CCc3ccccc32)Cc2ccccc21.C1=C(c2ccc(-c3ccc4c(c3)-c3c(ccc5ccccc35)C4)c3ccccc23)c2ccccc2C1.c1ccc2c(c1)Cc1c-2c2ccccc2c2ccccc12.c1ccc2c(c1)Cc1c-2ccc2c1-c1ccccc1C2. The Hall–Kier alpha value is -11.4. The van der Waals surface area contributed by atoms with Crippen molar-refractivity contribution in [2.45, 2.75) is 44.9 Å². The smallest absolute Gasteiger partial charge is 0.000705 e. The van der Waals surface area contributed by atoms with E-state index in [0.29, 0.717) is 0 Å². The van der Waals surface area contributed by atoms with Crippen molar-refractivity contribution in [2.24, 2.45) is 0 Å². The Kier molecular flexibility index (Phi) is 13.2. The maximum Gasteiger partial charge on any atom is -0.000705 e. The number of benzene rings is 15. The molecule has 0 radical (unpaired) electrons. The van der Waals surface area contributed by atoms with Crippen LogP contribution in [0.3, 0.4) is 0 Å². The molecule has 0 aliphatic heterocycles. The molecule has 0 bridgehead atoms. The fourth-order valence-electron chi connectivity index (χ4n) is 17.2. The summed E-state index contributed by atoms with van der Waals surface area (Å²) in [6, 6.07) is 109. The summed E-state index contributed by atoms with van der Waals surface area (Å²) in [4.78, 5) is 0. The van der Waals surface area contributed by atoms with Crippen LogP contribution < -0.4 is 0 Å². The van der Waals surface area contributed by atoms with Crippen LogP contribution in [-0.2, 0) is 44.9 Å². The topological polar surface area (TPSA) is 0 Å². The minimum atomic E-state index is 1.01. The van der Waals surface area contributed by atoms with Gasteiger partial charge in [-0.25, -0.2) is 0 Å². The van der Waals surface area contributed by atoms with E-state index in [1.165, 1.54) is 199 Å². The second kappa shape index (κ2) is 22.7. The van der Waals surface area contributed by atoms with Gasteiger partial charge in [-0.05, 0) is 250 Å². The van der Waals surface area contributed by atoms with Crippen molar-refractivity contribution in [3.05, 3.63) is 398 Å². The van der Waals surface area contributed by atoms with Crippen LogP contribution in [-0.4, -0.2) is 0 Å². The second-order valence-corrected chi connectivity index (χ2v) is 26.7. The third-order valence-electron chi connectivity index (χ3n) is 21.5. The van der Waals surface area contributed by atoms with Crippen molar-refractivity contribution in [1.82, 2.24) is 0 Å². The molecule has 0 nitrogen and oxygen atoms in total. The van der Waals surface area contributed by atoms with Gasteiger partial charge >= 0.3 is 0 Å². The lowest BCUT2D eigenvalue weighted by molar-refractivity contribution is 1.23. The van der Waals surface area contributed by atoms with Crippen molar-refractivity contribution in [3.63, 3.8) is 0 Å². The Morgan fingerprint density at radius 3 is 1.40 bits per heavy atom. The zero-order valence-corrected chi connectivity index (χ0v) is 53.0. The molecule has 15 aromatic rings. The van der Waals surface area contributed by atoms with Crippen molar-refractivity contribution < 1.29 is 0 Å². The molecule has 0 fully saturated rings. The molecule has 0 spiro atoms. The van der Waals surface area contributed by atoms with Gasteiger partial charge in [0.15, 0.2) is 0 Å². The van der Waals surface area contributed by atoms with Crippen molar-refractivity contribution in [3.8, 4) is 55.6 Å². The Morgan fingerprint density at radius 1 is 0.211 bits per heavy atom. The predicted octanol–water partition coefficient (Wildman–Crippen LogP) is 23.9. The van der Waals surface area contributed by atoms with Gasteiger partial charge in [-0.15, -0.1) is 0 Å². The summed E-state index contributed by atoms with van der Waals surface area (Å²) in [6.45, 7) is 0. The first-order chi connectivity index (χ1) is 47.1. The molecule has 0 saturated heterocycles. The van der Waals surface area contributed by atoms with Gasteiger partial charge in [-0.3, -0.25) is 0 Å². The van der Waals surface area contributed by atoms with E-state index in [2.05, 4.69) is 315 Å². The molecule has 22 rings (SSSR count). The summed E-state index contributed by atoms with van der Waals surface area (Å²) in [5.41, 5.74) is 40.0. The Labute approximate surface area is 555 Å². The lowest BCUT2D eigenvalue weighted by atomic mass is 9.89. The van der Waals surface area contributed by atoms with Crippen LogP contribution in [0, 0.1) is 0 Å². The summed E-state index contributed by atoms with van der Waals surface area (Å²) in [6.07, 6.45) is 14.5. The summed E-state index contributed by atoms with van der Waals surface area (Å²) in [7, 11) is 0. The molecule has 0 N–H and O–H groups in total. The van der Waals surface area contributed by atoms with Gasteiger partial charge in [0.2, 0.25) is 0 Å². The van der Waals surface area contributed by atoms with E-state index in [1.807, 2.05) is 0 Å². The van der Waals surface area contributed by atoms with Crippen molar-refractivity contribution in [2.75, 3.05) is 0 Å². The summed E-state index contributed by atoms with van der Waals surface area (Å²) < 4.78 is 0. The van der Waals surface area contributed by atoms with Crippen LogP contribution in [0.5, 0.6) is 0 Å². The monoisotopic (exact) mass is 1210 g/mol. The molecule has 446 valence electrons. The van der Waals surface area contributed by atoms with E-state index in [0.717, 1.165) is 44.9 Å². The maximum atomic E-state index is 2.43. The molecule has 15 aromatic carbocycles. The van der Waals surface area contributed by atoms with Crippen LogP contribution in [0.4, 0.5) is 0 Å². The normalized spacial score (nSPS) is 13.8. The molecule has 0 unspecified atom stereocenters. The highest BCUT2D eigenvalue weighted by atomic mass is 14.3. The summed E-state index contributed by atoms with van der Waals surface area (Å²) >= 11 is 0. The van der Waals surface area contributed by atoms with Crippen LogP contribution in [0.1, 0.15) is 83.5 Å². The van der Waals surface area contributed by atoms with Crippen molar-refractivity contribution >= 4 is 60.3 Å². The van der Waals surface area contributed by atoms with E-state index < -0.39 is 0 Å². The van der Waals surface area contributed by atoms with E-state index >= 15 is 0 Å². The lowest BCUT2D eigenvalue weighted by Gasteiger charge is -2.15. The van der Waals surface area contributed by atoms with E-state index in [-0.39, 0.29) is 0 Å². The first-order valence-corrected chi connectivity index (χ1v) is 34.0.